The molecule has 1 atom stereocenters. The molecule has 1 aliphatic rings. The summed E-state index contributed by atoms with van der Waals surface area (Å²) < 4.78 is 0. The predicted molar refractivity (Wildman–Crippen MR) is 111 cm³/mol. The molecule has 0 aliphatic carbocycles. The first kappa shape index (κ1) is 21.2. The van der Waals surface area contributed by atoms with Crippen molar-refractivity contribution in [2.45, 2.75) is 26.3 Å². The highest BCUT2D eigenvalue weighted by Gasteiger charge is 2.45. The van der Waals surface area contributed by atoms with E-state index in [4.69, 9.17) is 0 Å². The van der Waals surface area contributed by atoms with Crippen LogP contribution in [0.1, 0.15) is 31.0 Å². The molecule has 0 saturated carbocycles. The molecule has 2 aromatic rings. The molecule has 156 valence electrons. The number of urea groups is 1. The molecular weight excluding hydrogens is 382 g/mol. The van der Waals surface area contributed by atoms with Gasteiger partial charge in [0.05, 0.1) is 6.04 Å². The normalized spacial score (nSPS) is 15.1. The lowest BCUT2D eigenvalue weighted by Crippen LogP contribution is -2.43. The summed E-state index contributed by atoms with van der Waals surface area (Å²) in [6.45, 7) is 3.33. The number of rotatable bonds is 8. The van der Waals surface area contributed by atoms with E-state index < -0.39 is 30.3 Å². The van der Waals surface area contributed by atoms with Gasteiger partial charge in [-0.15, -0.1) is 0 Å². The van der Waals surface area contributed by atoms with Gasteiger partial charge in [0.15, 0.2) is 0 Å². The third-order valence-electron chi connectivity index (χ3n) is 4.80. The van der Waals surface area contributed by atoms with Gasteiger partial charge < -0.3 is 5.32 Å². The molecule has 1 saturated heterocycles. The number of amides is 5. The Balaban J connectivity index is 1.72. The summed E-state index contributed by atoms with van der Waals surface area (Å²) in [7, 11) is 0. The Kier molecular flexibility index (Phi) is 6.61. The van der Waals surface area contributed by atoms with Crippen molar-refractivity contribution in [1.82, 2.24) is 15.1 Å². The molecule has 1 N–H and O–H groups in total. The van der Waals surface area contributed by atoms with Gasteiger partial charge >= 0.3 is 17.8 Å². The molecule has 2 aromatic carbocycles. The van der Waals surface area contributed by atoms with Crippen LogP contribution >= 0.6 is 0 Å². The van der Waals surface area contributed by atoms with Crippen molar-refractivity contribution in [3.8, 4) is 0 Å². The monoisotopic (exact) mass is 407 g/mol. The predicted octanol–water partition coefficient (Wildman–Crippen LogP) is 2.53. The maximum absolute atomic E-state index is 12.7. The molecule has 30 heavy (non-hydrogen) atoms. The number of nitrogens with one attached hydrogen (secondary N) is 1. The molecule has 5 amide bonds. The van der Waals surface area contributed by atoms with Crippen molar-refractivity contribution in [3.63, 3.8) is 0 Å². The van der Waals surface area contributed by atoms with Gasteiger partial charge in [-0.25, -0.2) is 9.69 Å². The van der Waals surface area contributed by atoms with E-state index in [0.717, 1.165) is 16.0 Å². The van der Waals surface area contributed by atoms with Gasteiger partial charge in [-0.1, -0.05) is 74.5 Å². The van der Waals surface area contributed by atoms with Gasteiger partial charge in [0.2, 0.25) is 5.91 Å². The number of nitrogens with zero attached hydrogens (tertiary/aromatic N) is 2. The molecule has 0 bridgehead atoms. The second-order valence-corrected chi connectivity index (χ2v) is 7.70. The van der Waals surface area contributed by atoms with E-state index in [1.165, 1.54) is 0 Å². The topological polar surface area (TPSA) is 86.8 Å². The van der Waals surface area contributed by atoms with Crippen LogP contribution in [-0.4, -0.2) is 46.6 Å². The number of benzene rings is 2. The summed E-state index contributed by atoms with van der Waals surface area (Å²) >= 11 is 0. The first-order valence-electron chi connectivity index (χ1n) is 9.92. The summed E-state index contributed by atoms with van der Waals surface area (Å²) in [5.74, 6) is -2.32. The highest BCUT2D eigenvalue weighted by Crippen LogP contribution is 2.19. The standard InChI is InChI=1S/C23H25N3O4/c1-16(2)14-25-21(28)22(29)26(23(25)30)15-20(27)24-19(18-11-7-4-8-12-18)13-17-9-5-3-6-10-17/h3-12,16,19H,13-15H2,1-2H3,(H,24,27). The first-order chi connectivity index (χ1) is 14.4. The second-order valence-electron chi connectivity index (χ2n) is 7.70. The van der Waals surface area contributed by atoms with Crippen LogP contribution in [0.5, 0.6) is 0 Å². The van der Waals surface area contributed by atoms with E-state index >= 15 is 0 Å². The van der Waals surface area contributed by atoms with Crippen LogP contribution in [0, 0.1) is 5.92 Å². The summed E-state index contributed by atoms with van der Waals surface area (Å²) in [6.07, 6.45) is 0.552. The number of hydrogen-bond donors (Lipinski definition) is 1. The molecule has 7 nitrogen and oxygen atoms in total. The molecule has 7 heteroatoms. The van der Waals surface area contributed by atoms with E-state index in [0.29, 0.717) is 11.3 Å². The van der Waals surface area contributed by atoms with Crippen molar-refractivity contribution in [2.24, 2.45) is 5.92 Å². The number of imide groups is 2. The summed E-state index contributed by atoms with van der Waals surface area (Å²) in [4.78, 5) is 51.1. The quantitative estimate of drug-likeness (QED) is 0.538. The largest absolute Gasteiger partial charge is 0.347 e. The Hall–Kier alpha value is -3.48. The Morgan fingerprint density at radius 3 is 2.03 bits per heavy atom. The molecule has 1 unspecified atom stereocenters. The SMILES string of the molecule is CC(C)CN1C(=O)C(=O)N(CC(=O)NC(Cc2ccccc2)c2ccccc2)C1=O. The third-order valence-corrected chi connectivity index (χ3v) is 4.80. The molecule has 1 aliphatic heterocycles. The Morgan fingerprint density at radius 2 is 1.43 bits per heavy atom. The van der Waals surface area contributed by atoms with Gasteiger partial charge in [-0.05, 0) is 23.5 Å². The Bertz CT molecular complexity index is 928. The van der Waals surface area contributed by atoms with Crippen LogP contribution in [-0.2, 0) is 20.8 Å². The minimum absolute atomic E-state index is 0.0211. The van der Waals surface area contributed by atoms with Gasteiger partial charge in [-0.2, -0.15) is 0 Å². The summed E-state index contributed by atoms with van der Waals surface area (Å²) in [5.41, 5.74) is 1.95. The highest BCUT2D eigenvalue weighted by atomic mass is 16.2. The number of carbonyl (C=O) groups excluding carboxylic acids is 4. The van der Waals surface area contributed by atoms with Crippen molar-refractivity contribution in [1.29, 1.82) is 0 Å². The summed E-state index contributed by atoms with van der Waals surface area (Å²) in [5, 5.41) is 2.91. The van der Waals surface area contributed by atoms with Crippen LogP contribution in [0.25, 0.3) is 0 Å². The van der Waals surface area contributed by atoms with Crippen LogP contribution in [0.2, 0.25) is 0 Å². The molecule has 1 heterocycles. The molecular formula is C23H25N3O4. The Labute approximate surface area is 175 Å². The van der Waals surface area contributed by atoms with Crippen molar-refractivity contribution in [2.75, 3.05) is 13.1 Å². The molecule has 0 aromatic heterocycles. The fourth-order valence-corrected chi connectivity index (χ4v) is 3.39. The maximum atomic E-state index is 12.7. The van der Waals surface area contributed by atoms with Gasteiger partial charge in [0.1, 0.15) is 6.54 Å². The van der Waals surface area contributed by atoms with E-state index in [9.17, 15) is 19.2 Å². The average molecular weight is 407 g/mol. The molecule has 0 radical (unpaired) electrons. The number of carbonyl (C=O) groups is 4. The van der Waals surface area contributed by atoms with Crippen molar-refractivity contribution >= 4 is 23.8 Å². The third kappa shape index (κ3) is 4.92. The molecule has 1 fully saturated rings. The zero-order valence-corrected chi connectivity index (χ0v) is 17.1. The summed E-state index contributed by atoms with van der Waals surface area (Å²) in [6, 6.07) is 18.1. The lowest BCUT2D eigenvalue weighted by Gasteiger charge is -2.21. The minimum atomic E-state index is -0.963. The van der Waals surface area contributed by atoms with E-state index in [1.54, 1.807) is 0 Å². The van der Waals surface area contributed by atoms with Gasteiger partial charge in [0.25, 0.3) is 0 Å². The van der Waals surface area contributed by atoms with Gasteiger partial charge in [0, 0.05) is 6.54 Å². The number of hydrogen-bond acceptors (Lipinski definition) is 4. The maximum Gasteiger partial charge on any atom is 0.334 e. The smallest absolute Gasteiger partial charge is 0.334 e. The first-order valence-corrected chi connectivity index (χ1v) is 9.92. The van der Waals surface area contributed by atoms with Crippen LogP contribution in [0.3, 0.4) is 0 Å². The lowest BCUT2D eigenvalue weighted by molar-refractivity contribution is -0.144. The zero-order chi connectivity index (χ0) is 21.7. The van der Waals surface area contributed by atoms with E-state index in [1.807, 2.05) is 74.5 Å². The van der Waals surface area contributed by atoms with Crippen molar-refractivity contribution in [3.05, 3.63) is 71.8 Å². The zero-order valence-electron chi connectivity index (χ0n) is 17.1. The van der Waals surface area contributed by atoms with Gasteiger partial charge in [-0.3, -0.25) is 19.3 Å². The average Bonchev–Trinajstić information content (AvgIpc) is 2.92. The van der Waals surface area contributed by atoms with Crippen LogP contribution in [0.4, 0.5) is 4.79 Å². The van der Waals surface area contributed by atoms with E-state index in [2.05, 4.69) is 5.32 Å². The lowest BCUT2D eigenvalue weighted by atomic mass is 9.99. The molecule has 0 spiro atoms. The molecule has 3 rings (SSSR count). The van der Waals surface area contributed by atoms with E-state index in [-0.39, 0.29) is 18.5 Å². The highest BCUT2D eigenvalue weighted by molar-refractivity contribution is 6.45. The Morgan fingerprint density at radius 1 is 0.867 bits per heavy atom. The fourth-order valence-electron chi connectivity index (χ4n) is 3.39. The fraction of sp³-hybridized carbons (Fsp3) is 0.304. The minimum Gasteiger partial charge on any atom is -0.347 e. The van der Waals surface area contributed by atoms with Crippen molar-refractivity contribution < 1.29 is 19.2 Å². The second kappa shape index (κ2) is 9.35. The van der Waals surface area contributed by atoms with Crippen LogP contribution < -0.4 is 5.32 Å². The van der Waals surface area contributed by atoms with Crippen LogP contribution in [0.15, 0.2) is 60.7 Å².